The number of benzene rings is 2. The molecule has 0 fully saturated rings. The average Bonchev–Trinajstić information content (AvgIpc) is 2.39. The Labute approximate surface area is 108 Å². The summed E-state index contributed by atoms with van der Waals surface area (Å²) in [6, 6.07) is 14.4. The topological polar surface area (TPSA) is 35.8 Å². The van der Waals surface area contributed by atoms with Gasteiger partial charge in [-0.1, -0.05) is 30.3 Å². The number of fused-ring (bicyclic) bond motifs is 1. The van der Waals surface area contributed by atoms with E-state index < -0.39 is 0 Å². The van der Waals surface area contributed by atoms with Gasteiger partial charge in [0.1, 0.15) is 0 Å². The summed E-state index contributed by atoms with van der Waals surface area (Å²) in [7, 11) is 0. The van der Waals surface area contributed by atoms with E-state index in [1.807, 2.05) is 42.5 Å². The molecule has 2 nitrogen and oxygen atoms in total. The molecule has 0 radical (unpaired) electrons. The van der Waals surface area contributed by atoms with Crippen LogP contribution in [0.3, 0.4) is 0 Å². The van der Waals surface area contributed by atoms with Gasteiger partial charge in [0.25, 0.3) is 0 Å². The van der Waals surface area contributed by atoms with Gasteiger partial charge in [0.15, 0.2) is 0 Å². The molecule has 0 heterocycles. The molecule has 0 spiro atoms. The maximum Gasteiger partial charge on any atom is 0.0998 e. The summed E-state index contributed by atoms with van der Waals surface area (Å²) in [5.74, 6) is 0. The first-order chi connectivity index (χ1) is 8.76. The fourth-order valence-electron chi connectivity index (χ4n) is 2.10. The molecular weight excluding hydrogens is 220 g/mol. The third kappa shape index (κ3) is 2.36. The number of nitriles is 1. The van der Waals surface area contributed by atoms with E-state index in [2.05, 4.69) is 24.9 Å². The van der Waals surface area contributed by atoms with E-state index in [4.69, 9.17) is 5.26 Å². The molecule has 2 aromatic rings. The highest BCUT2D eigenvalue weighted by Crippen LogP contribution is 2.27. The summed E-state index contributed by atoms with van der Waals surface area (Å²) in [5.41, 5.74) is 1.78. The van der Waals surface area contributed by atoms with Crippen molar-refractivity contribution in [1.29, 1.82) is 5.26 Å². The van der Waals surface area contributed by atoms with Crippen LogP contribution >= 0.6 is 0 Å². The standard InChI is InChI=1S/C16H16N2/c1-3-6-12(2)18-16-10-9-13(11-17)14-7-4-5-8-15(14)16/h3-5,7-10,12,18H,1,6H2,2H3. The lowest BCUT2D eigenvalue weighted by Crippen LogP contribution is -2.14. The van der Waals surface area contributed by atoms with Crippen LogP contribution in [0.1, 0.15) is 18.9 Å². The molecule has 0 aliphatic heterocycles. The molecule has 2 rings (SSSR count). The van der Waals surface area contributed by atoms with Gasteiger partial charge in [0.05, 0.1) is 11.6 Å². The van der Waals surface area contributed by atoms with Crippen LogP contribution in [0.5, 0.6) is 0 Å². The zero-order valence-corrected chi connectivity index (χ0v) is 10.5. The fourth-order valence-corrected chi connectivity index (χ4v) is 2.10. The summed E-state index contributed by atoms with van der Waals surface area (Å²) in [5, 5.41) is 14.7. The second-order valence-electron chi connectivity index (χ2n) is 4.39. The molecule has 1 N–H and O–H groups in total. The van der Waals surface area contributed by atoms with E-state index in [1.54, 1.807) is 0 Å². The second-order valence-corrected chi connectivity index (χ2v) is 4.39. The van der Waals surface area contributed by atoms with E-state index in [0.717, 1.165) is 22.9 Å². The first-order valence-corrected chi connectivity index (χ1v) is 6.05. The molecule has 0 aromatic heterocycles. The minimum Gasteiger partial charge on any atom is -0.382 e. The van der Waals surface area contributed by atoms with Gasteiger partial charge in [-0.2, -0.15) is 5.26 Å². The van der Waals surface area contributed by atoms with Crippen molar-refractivity contribution in [2.24, 2.45) is 0 Å². The molecule has 0 saturated heterocycles. The van der Waals surface area contributed by atoms with Crippen LogP contribution in [0.4, 0.5) is 5.69 Å². The zero-order valence-electron chi connectivity index (χ0n) is 10.5. The zero-order chi connectivity index (χ0) is 13.0. The third-order valence-electron chi connectivity index (χ3n) is 2.97. The van der Waals surface area contributed by atoms with Crippen LogP contribution in [0, 0.1) is 11.3 Å². The summed E-state index contributed by atoms with van der Waals surface area (Å²) >= 11 is 0. The number of anilines is 1. The molecule has 0 saturated carbocycles. The lowest BCUT2D eigenvalue weighted by molar-refractivity contribution is 0.815. The van der Waals surface area contributed by atoms with E-state index >= 15 is 0 Å². The number of nitrogens with zero attached hydrogens (tertiary/aromatic N) is 1. The maximum absolute atomic E-state index is 9.11. The Morgan fingerprint density at radius 1 is 1.28 bits per heavy atom. The van der Waals surface area contributed by atoms with Crippen LogP contribution in [-0.4, -0.2) is 6.04 Å². The lowest BCUT2D eigenvalue weighted by atomic mass is 10.0. The van der Waals surface area contributed by atoms with Crippen molar-refractivity contribution >= 4 is 16.5 Å². The summed E-state index contributed by atoms with van der Waals surface area (Å²) in [6.07, 6.45) is 2.82. The number of nitrogens with one attached hydrogen (secondary N) is 1. The fraction of sp³-hybridized carbons (Fsp3) is 0.188. The summed E-state index contributed by atoms with van der Waals surface area (Å²) in [4.78, 5) is 0. The lowest BCUT2D eigenvalue weighted by Gasteiger charge is -2.15. The average molecular weight is 236 g/mol. The van der Waals surface area contributed by atoms with Crippen molar-refractivity contribution in [3.8, 4) is 6.07 Å². The van der Waals surface area contributed by atoms with Crippen molar-refractivity contribution in [1.82, 2.24) is 0 Å². The highest BCUT2D eigenvalue weighted by atomic mass is 14.9. The van der Waals surface area contributed by atoms with Crippen LogP contribution in [0.15, 0.2) is 49.1 Å². The maximum atomic E-state index is 9.11. The summed E-state index contributed by atoms with van der Waals surface area (Å²) < 4.78 is 0. The van der Waals surface area contributed by atoms with Gasteiger partial charge in [-0.15, -0.1) is 6.58 Å². The monoisotopic (exact) mass is 236 g/mol. The van der Waals surface area contributed by atoms with Gasteiger partial charge < -0.3 is 5.32 Å². The molecule has 0 bridgehead atoms. The SMILES string of the molecule is C=CCC(C)Nc1ccc(C#N)c2ccccc12. The Morgan fingerprint density at radius 2 is 2.00 bits per heavy atom. The Hall–Kier alpha value is -2.27. The first-order valence-electron chi connectivity index (χ1n) is 6.05. The van der Waals surface area contributed by atoms with Gasteiger partial charge in [-0.05, 0) is 25.5 Å². The molecule has 1 atom stereocenters. The van der Waals surface area contributed by atoms with Crippen LogP contribution < -0.4 is 5.32 Å². The highest BCUT2D eigenvalue weighted by molar-refractivity contribution is 5.97. The predicted molar refractivity (Wildman–Crippen MR) is 76.6 cm³/mol. The quantitative estimate of drug-likeness (QED) is 0.812. The molecule has 0 amide bonds. The molecular formula is C16H16N2. The van der Waals surface area contributed by atoms with E-state index in [1.165, 1.54) is 0 Å². The number of hydrogen-bond acceptors (Lipinski definition) is 2. The molecule has 0 aliphatic rings. The van der Waals surface area contributed by atoms with Crippen molar-refractivity contribution in [3.63, 3.8) is 0 Å². The van der Waals surface area contributed by atoms with Crippen molar-refractivity contribution < 1.29 is 0 Å². The largest absolute Gasteiger partial charge is 0.382 e. The van der Waals surface area contributed by atoms with E-state index in [0.29, 0.717) is 11.6 Å². The van der Waals surface area contributed by atoms with Gasteiger partial charge in [-0.25, -0.2) is 0 Å². The smallest absolute Gasteiger partial charge is 0.0998 e. The molecule has 0 aliphatic carbocycles. The Morgan fingerprint density at radius 3 is 2.67 bits per heavy atom. The van der Waals surface area contributed by atoms with Gasteiger partial charge in [-0.3, -0.25) is 0 Å². The van der Waals surface area contributed by atoms with Crippen molar-refractivity contribution in [2.75, 3.05) is 5.32 Å². The van der Waals surface area contributed by atoms with Gasteiger partial charge in [0, 0.05) is 22.5 Å². The van der Waals surface area contributed by atoms with Crippen molar-refractivity contribution in [2.45, 2.75) is 19.4 Å². The van der Waals surface area contributed by atoms with Crippen LogP contribution in [-0.2, 0) is 0 Å². The molecule has 90 valence electrons. The first kappa shape index (κ1) is 12.2. The highest BCUT2D eigenvalue weighted by Gasteiger charge is 2.07. The van der Waals surface area contributed by atoms with Crippen molar-refractivity contribution in [3.05, 3.63) is 54.6 Å². The van der Waals surface area contributed by atoms with Crippen LogP contribution in [0.2, 0.25) is 0 Å². The predicted octanol–water partition coefficient (Wildman–Crippen LogP) is 4.09. The molecule has 1 unspecified atom stereocenters. The summed E-state index contributed by atoms with van der Waals surface area (Å²) in [6.45, 7) is 5.87. The number of hydrogen-bond donors (Lipinski definition) is 1. The third-order valence-corrected chi connectivity index (χ3v) is 2.97. The van der Waals surface area contributed by atoms with Gasteiger partial charge in [0.2, 0.25) is 0 Å². The normalized spacial score (nSPS) is 11.8. The van der Waals surface area contributed by atoms with E-state index in [9.17, 15) is 0 Å². The minimum atomic E-state index is 0.332. The van der Waals surface area contributed by atoms with Crippen LogP contribution in [0.25, 0.3) is 10.8 Å². The molecule has 18 heavy (non-hydrogen) atoms. The minimum absolute atomic E-state index is 0.332. The van der Waals surface area contributed by atoms with Gasteiger partial charge >= 0.3 is 0 Å². The van der Waals surface area contributed by atoms with E-state index in [-0.39, 0.29) is 0 Å². The Kier molecular flexibility index (Phi) is 3.64. The Bertz CT molecular complexity index is 608. The molecule has 2 heteroatoms. The second kappa shape index (κ2) is 5.37. The number of rotatable bonds is 4. The molecule has 2 aromatic carbocycles. The Balaban J connectivity index is 2.47.